The van der Waals surface area contributed by atoms with Crippen molar-refractivity contribution in [1.29, 1.82) is 5.26 Å². The second-order valence-electron chi connectivity index (χ2n) is 4.28. The van der Waals surface area contributed by atoms with Gasteiger partial charge in [-0.05, 0) is 36.8 Å². The summed E-state index contributed by atoms with van der Waals surface area (Å²) >= 11 is 0. The molecule has 0 aliphatic carbocycles. The smallest absolute Gasteiger partial charge is 0.138 e. The van der Waals surface area contributed by atoms with Gasteiger partial charge in [-0.3, -0.25) is 4.99 Å². The van der Waals surface area contributed by atoms with Crippen LogP contribution in [0.3, 0.4) is 0 Å². The maximum absolute atomic E-state index is 8.72. The zero-order valence-electron chi connectivity index (χ0n) is 11.0. The fourth-order valence-electron chi connectivity index (χ4n) is 1.72. The number of benzene rings is 1. The summed E-state index contributed by atoms with van der Waals surface area (Å²) in [5.74, 6) is 0.888. The Morgan fingerprint density at radius 1 is 1.37 bits per heavy atom. The van der Waals surface area contributed by atoms with Crippen LogP contribution in [0.25, 0.3) is 0 Å². The molecule has 1 aliphatic heterocycles. The van der Waals surface area contributed by atoms with Gasteiger partial charge >= 0.3 is 0 Å². The highest BCUT2D eigenvalue weighted by Gasteiger charge is 2.07. The maximum atomic E-state index is 8.72. The van der Waals surface area contributed by atoms with Crippen molar-refractivity contribution >= 4 is 11.4 Å². The fraction of sp³-hybridized carbons (Fsp3) is 0.333. The van der Waals surface area contributed by atoms with Gasteiger partial charge in [0.15, 0.2) is 0 Å². The second-order valence-corrected chi connectivity index (χ2v) is 4.28. The topological polar surface area (TPSA) is 48.6 Å². The first-order valence-electron chi connectivity index (χ1n) is 6.45. The Bertz CT molecular complexity index is 511. The number of nitriles is 1. The predicted molar refractivity (Wildman–Crippen MR) is 76.4 cm³/mol. The Morgan fingerprint density at radius 3 is 2.74 bits per heavy atom. The lowest BCUT2D eigenvalue weighted by molar-refractivity contribution is 0.309. The van der Waals surface area contributed by atoms with Crippen LogP contribution < -0.4 is 9.64 Å². The number of nitrogens with zero attached hydrogens (tertiary/aromatic N) is 3. The molecule has 1 aromatic rings. The van der Waals surface area contributed by atoms with Crippen molar-refractivity contribution in [2.24, 2.45) is 4.99 Å². The van der Waals surface area contributed by atoms with Crippen molar-refractivity contribution in [3.05, 3.63) is 36.5 Å². The number of hydrogen-bond donors (Lipinski definition) is 0. The van der Waals surface area contributed by atoms with Gasteiger partial charge in [-0.2, -0.15) is 5.26 Å². The Labute approximate surface area is 113 Å². The number of anilines is 1. The summed E-state index contributed by atoms with van der Waals surface area (Å²) in [6.45, 7) is 3.38. The summed E-state index contributed by atoms with van der Waals surface area (Å²) < 4.78 is 5.62. The minimum Gasteiger partial charge on any atom is -0.494 e. The van der Waals surface area contributed by atoms with E-state index < -0.39 is 0 Å². The lowest BCUT2D eigenvalue weighted by Crippen LogP contribution is -2.20. The summed E-state index contributed by atoms with van der Waals surface area (Å²) in [7, 11) is 0. The number of hydrogen-bond acceptors (Lipinski definition) is 4. The van der Waals surface area contributed by atoms with E-state index in [1.54, 1.807) is 6.08 Å². The molecule has 1 heterocycles. The van der Waals surface area contributed by atoms with Crippen molar-refractivity contribution in [1.82, 2.24) is 0 Å². The van der Waals surface area contributed by atoms with Crippen molar-refractivity contribution in [3.8, 4) is 11.8 Å². The van der Waals surface area contributed by atoms with E-state index in [0.29, 0.717) is 12.4 Å². The Morgan fingerprint density at radius 2 is 2.16 bits per heavy atom. The molecule has 0 fully saturated rings. The summed E-state index contributed by atoms with van der Waals surface area (Å²) in [5.41, 5.74) is 1.51. The zero-order valence-corrected chi connectivity index (χ0v) is 11.0. The maximum Gasteiger partial charge on any atom is 0.138 e. The third-order valence-electron chi connectivity index (χ3n) is 2.86. The van der Waals surface area contributed by atoms with E-state index in [-0.39, 0.29) is 0 Å². The largest absolute Gasteiger partial charge is 0.494 e. The first-order chi connectivity index (χ1) is 9.33. The highest BCUT2D eigenvalue weighted by atomic mass is 16.5. The number of allylic oxidation sites excluding steroid dienone is 1. The van der Waals surface area contributed by atoms with Crippen molar-refractivity contribution in [2.45, 2.75) is 19.8 Å². The van der Waals surface area contributed by atoms with Gasteiger partial charge in [-0.1, -0.05) is 13.3 Å². The molecule has 0 spiro atoms. The molecule has 0 unspecified atom stereocenters. The normalized spacial score (nSPS) is 13.9. The fourth-order valence-corrected chi connectivity index (χ4v) is 1.72. The van der Waals surface area contributed by atoms with Crippen molar-refractivity contribution < 1.29 is 4.74 Å². The van der Waals surface area contributed by atoms with Crippen LogP contribution in [-0.4, -0.2) is 19.0 Å². The van der Waals surface area contributed by atoms with Crippen LogP contribution in [-0.2, 0) is 0 Å². The molecule has 0 radical (unpaired) electrons. The van der Waals surface area contributed by atoms with E-state index in [0.717, 1.165) is 30.9 Å². The molecule has 1 aromatic carbocycles. The molecule has 0 bridgehead atoms. The van der Waals surface area contributed by atoms with Gasteiger partial charge in [0.1, 0.15) is 24.2 Å². The van der Waals surface area contributed by atoms with Crippen LogP contribution in [0.15, 0.2) is 41.5 Å². The molecule has 2 rings (SSSR count). The zero-order chi connectivity index (χ0) is 13.5. The van der Waals surface area contributed by atoms with Crippen molar-refractivity contribution in [2.75, 3.05) is 18.2 Å². The molecule has 19 heavy (non-hydrogen) atoms. The van der Waals surface area contributed by atoms with Gasteiger partial charge < -0.3 is 9.64 Å². The molecular formula is C15H17N3O. The van der Waals surface area contributed by atoms with E-state index in [1.807, 2.05) is 41.4 Å². The van der Waals surface area contributed by atoms with Gasteiger partial charge in [0.25, 0.3) is 0 Å². The van der Waals surface area contributed by atoms with E-state index >= 15 is 0 Å². The van der Waals surface area contributed by atoms with E-state index in [4.69, 9.17) is 10.00 Å². The molecule has 1 aliphatic rings. The minimum atomic E-state index is 0.468. The van der Waals surface area contributed by atoms with Crippen LogP contribution in [0.4, 0.5) is 5.69 Å². The molecule has 0 amide bonds. The van der Waals surface area contributed by atoms with Gasteiger partial charge in [-0.15, -0.1) is 0 Å². The molecule has 4 nitrogen and oxygen atoms in total. The molecule has 0 saturated heterocycles. The molecule has 0 aromatic heterocycles. The van der Waals surface area contributed by atoms with Crippen LogP contribution in [0.5, 0.6) is 5.75 Å². The molecule has 98 valence electrons. The van der Waals surface area contributed by atoms with E-state index in [9.17, 15) is 0 Å². The number of ether oxygens (including phenoxy) is 1. The molecular weight excluding hydrogens is 238 g/mol. The molecule has 0 saturated carbocycles. The predicted octanol–water partition coefficient (Wildman–Crippen LogP) is 3.12. The lowest BCUT2D eigenvalue weighted by Gasteiger charge is -2.20. The third kappa shape index (κ3) is 3.59. The summed E-state index contributed by atoms with van der Waals surface area (Å²) in [4.78, 5) is 6.14. The SMILES string of the molecule is CCCCOc1ccc(N2C=CC(C#N)=NC2)cc1. The van der Waals surface area contributed by atoms with Crippen LogP contribution >= 0.6 is 0 Å². The molecule has 0 N–H and O–H groups in total. The Balaban J connectivity index is 1.94. The standard InChI is InChI=1S/C15H17N3O/c1-2-3-10-19-15-6-4-14(5-7-15)18-9-8-13(11-16)17-12-18/h4-9H,2-3,10,12H2,1H3. The average Bonchev–Trinajstić information content (AvgIpc) is 2.48. The van der Waals surface area contributed by atoms with Crippen molar-refractivity contribution in [3.63, 3.8) is 0 Å². The van der Waals surface area contributed by atoms with E-state index in [1.165, 1.54) is 0 Å². The van der Waals surface area contributed by atoms with Crippen LogP contribution in [0.2, 0.25) is 0 Å². The molecule has 4 heteroatoms. The summed E-state index contributed by atoms with van der Waals surface area (Å²) in [6.07, 6.45) is 5.80. The second kappa shape index (κ2) is 6.60. The van der Waals surface area contributed by atoms with Gasteiger partial charge in [0, 0.05) is 11.9 Å². The first kappa shape index (κ1) is 13.2. The van der Waals surface area contributed by atoms with Gasteiger partial charge in [0.2, 0.25) is 0 Å². The average molecular weight is 255 g/mol. The number of rotatable bonds is 5. The number of aliphatic imine (C=N–C) groups is 1. The quantitative estimate of drug-likeness (QED) is 0.759. The third-order valence-corrected chi connectivity index (χ3v) is 2.86. The van der Waals surface area contributed by atoms with Crippen LogP contribution in [0.1, 0.15) is 19.8 Å². The van der Waals surface area contributed by atoms with Crippen LogP contribution in [0, 0.1) is 11.3 Å². The first-order valence-corrected chi connectivity index (χ1v) is 6.45. The highest BCUT2D eigenvalue weighted by molar-refractivity contribution is 6.07. The van der Waals surface area contributed by atoms with Gasteiger partial charge in [0.05, 0.1) is 6.61 Å². The Hall–Kier alpha value is -2.28. The van der Waals surface area contributed by atoms with E-state index in [2.05, 4.69) is 11.9 Å². The molecule has 0 atom stereocenters. The summed E-state index contributed by atoms with van der Waals surface area (Å²) in [6, 6.07) is 9.95. The number of unbranched alkanes of at least 4 members (excludes halogenated alkanes) is 1. The Kier molecular flexibility index (Phi) is 4.57. The minimum absolute atomic E-state index is 0.468. The lowest BCUT2D eigenvalue weighted by atomic mass is 10.2. The monoisotopic (exact) mass is 255 g/mol. The van der Waals surface area contributed by atoms with Gasteiger partial charge in [-0.25, -0.2) is 0 Å². The highest BCUT2D eigenvalue weighted by Crippen LogP contribution is 2.21. The summed E-state index contributed by atoms with van der Waals surface area (Å²) in [5, 5.41) is 8.72.